The lowest BCUT2D eigenvalue weighted by Gasteiger charge is -2.05. The van der Waals surface area contributed by atoms with E-state index in [1.54, 1.807) is 12.2 Å². The Hall–Kier alpha value is -3.71. The molecule has 0 saturated heterocycles. The summed E-state index contributed by atoms with van der Waals surface area (Å²) in [6.45, 7) is 5.68. The van der Waals surface area contributed by atoms with Gasteiger partial charge in [0, 0.05) is 12.5 Å². The predicted octanol–water partition coefficient (Wildman–Crippen LogP) is 3.11. The Bertz CT molecular complexity index is 978. The van der Waals surface area contributed by atoms with E-state index in [-0.39, 0.29) is 19.0 Å². The molecule has 0 spiro atoms. The average molecular weight is 408 g/mol. The smallest absolute Gasteiger partial charge is 0.240 e. The molecule has 2 aliphatic rings. The van der Waals surface area contributed by atoms with Crippen molar-refractivity contribution in [2.24, 2.45) is 5.84 Å². The average Bonchev–Trinajstić information content (AvgIpc) is 3.19. The van der Waals surface area contributed by atoms with Crippen LogP contribution in [0.5, 0.6) is 11.5 Å². The highest BCUT2D eigenvalue weighted by Crippen LogP contribution is 2.33. The van der Waals surface area contributed by atoms with Crippen LogP contribution >= 0.6 is 0 Å². The second-order valence-corrected chi connectivity index (χ2v) is 6.60. The first kappa shape index (κ1) is 22.6. The summed E-state index contributed by atoms with van der Waals surface area (Å²) < 4.78 is 10.4. The fraction of sp³-hybridized carbons (Fsp3) is 0.174. The normalized spacial score (nSPS) is 14.0. The van der Waals surface area contributed by atoms with Crippen molar-refractivity contribution in [3.63, 3.8) is 0 Å². The molecule has 30 heavy (non-hydrogen) atoms. The predicted molar refractivity (Wildman–Crippen MR) is 113 cm³/mol. The Labute approximate surface area is 175 Å². The molecule has 0 unspecified atom stereocenters. The molecular formula is C23H24N2O5. The molecule has 0 saturated carbocycles. The highest BCUT2D eigenvalue weighted by atomic mass is 16.7. The van der Waals surface area contributed by atoms with Crippen molar-refractivity contribution in [3.8, 4) is 11.5 Å². The minimum atomic E-state index is -0.463. The van der Waals surface area contributed by atoms with Crippen molar-refractivity contribution in [3.05, 3.63) is 76.9 Å². The van der Waals surface area contributed by atoms with E-state index in [1.807, 2.05) is 24.3 Å². The molecule has 0 atom stereocenters. The van der Waals surface area contributed by atoms with Crippen LogP contribution in [0, 0.1) is 13.8 Å². The van der Waals surface area contributed by atoms with Crippen molar-refractivity contribution in [1.29, 1.82) is 0 Å². The van der Waals surface area contributed by atoms with Crippen LogP contribution in [0.4, 0.5) is 0 Å². The standard InChI is InChI=1S/C12H8O3.C8H10.C3H6N2O2/c13-10-3-2-9(10)5-8-1-4-11-12(6-8)15-7-14-11;1-7-4-3-5-8(2)6-7;1-3(7)5(4)2-6/h1-6H,7H2;3-6H,1-2H3;2H,4H2,1H3. The maximum atomic E-state index is 11.1. The first-order chi connectivity index (χ1) is 14.3. The molecule has 7 heteroatoms. The number of allylic oxidation sites excluding steroid dienone is 3. The first-order valence-electron chi connectivity index (χ1n) is 9.17. The molecule has 1 aliphatic heterocycles. The van der Waals surface area contributed by atoms with Crippen molar-refractivity contribution >= 4 is 24.2 Å². The number of hydrazine groups is 1. The number of hydrogen-bond donors (Lipinski definition) is 1. The Morgan fingerprint density at radius 3 is 2.13 bits per heavy atom. The van der Waals surface area contributed by atoms with Crippen LogP contribution in [-0.4, -0.2) is 29.9 Å². The van der Waals surface area contributed by atoms with Gasteiger partial charge in [0.2, 0.25) is 19.1 Å². The third-order valence-electron chi connectivity index (χ3n) is 4.07. The van der Waals surface area contributed by atoms with Crippen LogP contribution in [0.2, 0.25) is 0 Å². The number of benzene rings is 2. The van der Waals surface area contributed by atoms with Gasteiger partial charge in [0.1, 0.15) is 0 Å². The summed E-state index contributed by atoms with van der Waals surface area (Å²) in [5.74, 6) is 5.84. The molecule has 2 amide bonds. The summed E-state index contributed by atoms with van der Waals surface area (Å²) >= 11 is 0. The minimum absolute atomic E-state index is 0.0765. The third-order valence-corrected chi connectivity index (χ3v) is 4.07. The summed E-state index contributed by atoms with van der Waals surface area (Å²) in [5, 5.41) is 0.472. The zero-order valence-corrected chi connectivity index (χ0v) is 17.1. The molecule has 1 aliphatic carbocycles. The number of rotatable bonds is 2. The van der Waals surface area contributed by atoms with Crippen molar-refractivity contribution in [2.75, 3.05) is 6.79 Å². The highest BCUT2D eigenvalue weighted by Gasteiger charge is 2.15. The molecule has 7 nitrogen and oxygen atoms in total. The number of nitrogens with two attached hydrogens (primary N) is 1. The van der Waals surface area contributed by atoms with E-state index in [0.717, 1.165) is 22.6 Å². The Morgan fingerprint density at radius 1 is 1.03 bits per heavy atom. The van der Waals surface area contributed by atoms with Crippen LogP contribution < -0.4 is 15.3 Å². The molecule has 0 aromatic heterocycles. The van der Waals surface area contributed by atoms with Crippen LogP contribution in [0.1, 0.15) is 23.6 Å². The molecule has 0 radical (unpaired) electrons. The Balaban J connectivity index is 0.000000182. The van der Waals surface area contributed by atoms with Crippen molar-refractivity contribution < 1.29 is 23.9 Å². The summed E-state index contributed by atoms with van der Waals surface area (Å²) in [6.07, 6.45) is 5.44. The van der Waals surface area contributed by atoms with Gasteiger partial charge >= 0.3 is 0 Å². The van der Waals surface area contributed by atoms with Gasteiger partial charge in [-0.15, -0.1) is 0 Å². The van der Waals surface area contributed by atoms with Gasteiger partial charge in [-0.3, -0.25) is 14.4 Å². The number of carbonyl (C=O) groups is 3. The number of fused-ring (bicyclic) bond motifs is 1. The molecule has 1 heterocycles. The largest absolute Gasteiger partial charge is 0.454 e. The first-order valence-corrected chi connectivity index (χ1v) is 9.17. The second-order valence-electron chi connectivity index (χ2n) is 6.60. The molecule has 2 N–H and O–H groups in total. The molecule has 156 valence electrons. The van der Waals surface area contributed by atoms with Crippen LogP contribution in [0.3, 0.4) is 0 Å². The van der Waals surface area contributed by atoms with Gasteiger partial charge in [-0.1, -0.05) is 41.5 Å². The monoisotopic (exact) mass is 408 g/mol. The van der Waals surface area contributed by atoms with E-state index >= 15 is 0 Å². The number of carbonyl (C=O) groups excluding carboxylic acids is 3. The Morgan fingerprint density at radius 2 is 1.70 bits per heavy atom. The van der Waals surface area contributed by atoms with Crippen LogP contribution in [0.15, 0.2) is 60.2 Å². The lowest BCUT2D eigenvalue weighted by Crippen LogP contribution is -2.33. The van der Waals surface area contributed by atoms with Gasteiger partial charge in [0.15, 0.2) is 17.3 Å². The number of amides is 2. The maximum absolute atomic E-state index is 11.1. The van der Waals surface area contributed by atoms with Gasteiger partial charge in [0.25, 0.3) is 0 Å². The number of hydrogen-bond acceptors (Lipinski definition) is 6. The van der Waals surface area contributed by atoms with E-state index in [9.17, 15) is 14.4 Å². The van der Waals surface area contributed by atoms with Crippen LogP contribution in [0.25, 0.3) is 6.08 Å². The molecule has 0 bridgehead atoms. The third kappa shape index (κ3) is 6.72. The maximum Gasteiger partial charge on any atom is 0.240 e. The van der Waals surface area contributed by atoms with E-state index in [1.165, 1.54) is 18.1 Å². The SMILES string of the molecule is CC(=O)N(N)C=O.Cc1cccc(C)c1.O=C1C=CC1=Cc1ccc2c(c1)OCO2. The molecule has 4 rings (SSSR count). The molecule has 2 aromatic rings. The lowest BCUT2D eigenvalue weighted by atomic mass is 9.98. The summed E-state index contributed by atoms with van der Waals surface area (Å²) in [5.41, 5.74) is 4.36. The van der Waals surface area contributed by atoms with E-state index in [0.29, 0.717) is 5.01 Å². The van der Waals surface area contributed by atoms with Crippen molar-refractivity contribution in [1.82, 2.24) is 5.01 Å². The van der Waals surface area contributed by atoms with Crippen molar-refractivity contribution in [2.45, 2.75) is 20.8 Å². The van der Waals surface area contributed by atoms with Gasteiger partial charge < -0.3 is 9.47 Å². The van der Waals surface area contributed by atoms with Crippen LogP contribution in [-0.2, 0) is 14.4 Å². The number of ether oxygens (including phenoxy) is 2. The fourth-order valence-electron chi connectivity index (χ4n) is 2.43. The minimum Gasteiger partial charge on any atom is -0.454 e. The topological polar surface area (TPSA) is 98.9 Å². The number of nitrogens with zero attached hydrogens (tertiary/aromatic N) is 1. The van der Waals surface area contributed by atoms with E-state index in [4.69, 9.17) is 15.3 Å². The molecular weight excluding hydrogens is 384 g/mol. The zero-order valence-electron chi connectivity index (χ0n) is 17.1. The zero-order chi connectivity index (χ0) is 22.1. The van der Waals surface area contributed by atoms with Gasteiger partial charge in [-0.05, 0) is 49.8 Å². The highest BCUT2D eigenvalue weighted by molar-refractivity contribution is 6.16. The van der Waals surface area contributed by atoms with Gasteiger partial charge in [-0.25, -0.2) is 10.9 Å². The van der Waals surface area contributed by atoms with E-state index < -0.39 is 5.91 Å². The second kappa shape index (κ2) is 10.7. The number of imide groups is 1. The fourth-order valence-corrected chi connectivity index (χ4v) is 2.43. The summed E-state index contributed by atoms with van der Waals surface area (Å²) in [6, 6.07) is 14.1. The molecule has 2 aromatic carbocycles. The lowest BCUT2D eigenvalue weighted by molar-refractivity contribution is -0.136. The number of ketones is 1. The quantitative estimate of drug-likeness (QED) is 0.270. The van der Waals surface area contributed by atoms with Gasteiger partial charge in [0.05, 0.1) is 0 Å². The summed E-state index contributed by atoms with van der Waals surface area (Å²) in [4.78, 5) is 30.5. The van der Waals surface area contributed by atoms with Gasteiger partial charge in [-0.2, -0.15) is 0 Å². The number of aryl methyl sites for hydroxylation is 2. The summed E-state index contributed by atoms with van der Waals surface area (Å²) in [7, 11) is 0. The Kier molecular flexibility index (Phi) is 8.08. The van der Waals surface area contributed by atoms with E-state index in [2.05, 4.69) is 38.1 Å². The molecule has 0 fully saturated rings.